The Balaban J connectivity index is 1.98. The number of nitrogens with zero attached hydrogens (tertiary/aromatic N) is 1. The predicted molar refractivity (Wildman–Crippen MR) is 84.2 cm³/mol. The quantitative estimate of drug-likeness (QED) is 0.906. The minimum Gasteiger partial charge on any atom is -0.383 e. The van der Waals surface area contributed by atoms with Crippen molar-refractivity contribution in [3.63, 3.8) is 0 Å². The van der Waals surface area contributed by atoms with Crippen molar-refractivity contribution in [2.45, 2.75) is 6.10 Å². The van der Waals surface area contributed by atoms with Crippen LogP contribution in [-0.4, -0.2) is 24.0 Å². The van der Waals surface area contributed by atoms with Gasteiger partial charge in [0.1, 0.15) is 11.9 Å². The summed E-state index contributed by atoms with van der Waals surface area (Å²) in [7, 11) is 0. The van der Waals surface area contributed by atoms with Crippen LogP contribution < -0.4 is 5.32 Å². The van der Waals surface area contributed by atoms with Crippen molar-refractivity contribution in [1.29, 1.82) is 0 Å². The highest BCUT2D eigenvalue weighted by atomic mass is 35.5. The number of aliphatic imine (C=N–C) groups is 1. The van der Waals surface area contributed by atoms with Gasteiger partial charge in [0, 0.05) is 32.6 Å². The average molecular weight is 327 g/mol. The summed E-state index contributed by atoms with van der Waals surface area (Å²) >= 11 is 13.5. The van der Waals surface area contributed by atoms with Crippen LogP contribution in [0.3, 0.4) is 0 Å². The van der Waals surface area contributed by atoms with Gasteiger partial charge in [0.2, 0.25) is 0 Å². The second-order valence-corrected chi connectivity index (χ2v) is 6.22. The van der Waals surface area contributed by atoms with E-state index in [1.54, 1.807) is 18.2 Å². The summed E-state index contributed by atoms with van der Waals surface area (Å²) in [4.78, 5) is 5.23. The molecule has 0 saturated carbocycles. The normalized spacial score (nSPS) is 15.8. The summed E-state index contributed by atoms with van der Waals surface area (Å²) in [6.45, 7) is 1.60. The van der Waals surface area contributed by atoms with Gasteiger partial charge in [0.15, 0.2) is 0 Å². The minimum atomic E-state index is -0.778. The number of nitrogens with one attached hydrogen (secondary N) is 1. The summed E-state index contributed by atoms with van der Waals surface area (Å²) in [6, 6.07) is 7.08. The van der Waals surface area contributed by atoms with Crippen LogP contribution in [0.2, 0.25) is 10.0 Å². The van der Waals surface area contributed by atoms with Crippen LogP contribution in [0.5, 0.6) is 0 Å². The minimum absolute atomic E-state index is 0.464. The predicted octanol–water partition coefficient (Wildman–Crippen LogP) is 3.49. The van der Waals surface area contributed by atoms with Gasteiger partial charge in [-0.25, -0.2) is 0 Å². The molecule has 0 radical (unpaired) electrons. The van der Waals surface area contributed by atoms with Gasteiger partial charge in [-0.1, -0.05) is 29.3 Å². The fraction of sp³-hybridized carbons (Fsp3) is 0.214. The van der Waals surface area contributed by atoms with Crippen LogP contribution in [0.1, 0.15) is 22.1 Å². The molecule has 1 aliphatic heterocycles. The Morgan fingerprint density at radius 1 is 1.30 bits per heavy atom. The first-order chi connectivity index (χ1) is 9.66. The maximum Gasteiger partial charge on any atom is 0.129 e. The molecule has 1 atom stereocenters. The van der Waals surface area contributed by atoms with E-state index >= 15 is 0 Å². The van der Waals surface area contributed by atoms with Gasteiger partial charge in [-0.05, 0) is 23.6 Å². The standard InChI is InChI=1S/C14H12Cl2N2OS/c15-8-1-2-9(11(16)7-8)12(19)13-10(3-6-20-13)14-17-4-5-18-14/h1-3,6-7,12,19H,4-5H2,(H,17,18). The number of amidine groups is 1. The highest BCUT2D eigenvalue weighted by Gasteiger charge is 2.22. The van der Waals surface area contributed by atoms with E-state index < -0.39 is 6.10 Å². The first-order valence-corrected chi connectivity index (χ1v) is 7.79. The summed E-state index contributed by atoms with van der Waals surface area (Å²) in [5, 5.41) is 16.8. The number of aliphatic hydroxyl groups is 1. The molecule has 0 amide bonds. The van der Waals surface area contributed by atoms with E-state index in [2.05, 4.69) is 10.3 Å². The molecule has 0 bridgehead atoms. The number of hydrogen-bond acceptors (Lipinski definition) is 4. The van der Waals surface area contributed by atoms with E-state index in [-0.39, 0.29) is 0 Å². The lowest BCUT2D eigenvalue weighted by molar-refractivity contribution is 0.224. The van der Waals surface area contributed by atoms with Crippen molar-refractivity contribution < 1.29 is 5.11 Å². The third-order valence-corrected chi connectivity index (χ3v) is 4.66. The second kappa shape index (κ2) is 5.74. The van der Waals surface area contributed by atoms with Crippen LogP contribution in [0, 0.1) is 0 Å². The molecule has 0 spiro atoms. The van der Waals surface area contributed by atoms with Gasteiger partial charge in [-0.2, -0.15) is 0 Å². The SMILES string of the molecule is OC(c1ccc(Cl)cc1Cl)c1sccc1C1=NCCN1. The van der Waals surface area contributed by atoms with Crippen molar-refractivity contribution >= 4 is 40.4 Å². The Kier molecular flexibility index (Phi) is 3.98. The third-order valence-electron chi connectivity index (χ3n) is 3.13. The molecule has 1 aromatic carbocycles. The topological polar surface area (TPSA) is 44.6 Å². The van der Waals surface area contributed by atoms with Crippen LogP contribution in [0.4, 0.5) is 0 Å². The van der Waals surface area contributed by atoms with Crippen LogP contribution in [0.25, 0.3) is 0 Å². The summed E-state index contributed by atoms with van der Waals surface area (Å²) in [5.41, 5.74) is 1.59. The third kappa shape index (κ3) is 2.56. The van der Waals surface area contributed by atoms with Crippen molar-refractivity contribution in [2.75, 3.05) is 13.1 Å². The second-order valence-electron chi connectivity index (χ2n) is 4.42. The van der Waals surface area contributed by atoms with E-state index in [1.807, 2.05) is 11.4 Å². The monoisotopic (exact) mass is 326 g/mol. The lowest BCUT2D eigenvalue weighted by Gasteiger charge is -2.14. The number of aliphatic hydroxyl groups excluding tert-OH is 1. The van der Waals surface area contributed by atoms with Gasteiger partial charge in [-0.15, -0.1) is 11.3 Å². The number of benzene rings is 1. The van der Waals surface area contributed by atoms with E-state index in [4.69, 9.17) is 23.2 Å². The van der Waals surface area contributed by atoms with E-state index in [1.165, 1.54) is 11.3 Å². The Labute approximate surface area is 130 Å². The molecule has 1 aliphatic rings. The Morgan fingerprint density at radius 2 is 2.15 bits per heavy atom. The molecule has 104 valence electrons. The Hall–Kier alpha value is -1.07. The Morgan fingerprint density at radius 3 is 2.85 bits per heavy atom. The molecule has 2 heterocycles. The first-order valence-electron chi connectivity index (χ1n) is 6.16. The van der Waals surface area contributed by atoms with Gasteiger partial charge in [0.25, 0.3) is 0 Å². The molecule has 0 aliphatic carbocycles. The highest BCUT2D eigenvalue weighted by Crippen LogP contribution is 2.34. The molecular weight excluding hydrogens is 315 g/mol. The number of rotatable bonds is 3. The molecule has 0 saturated heterocycles. The zero-order valence-corrected chi connectivity index (χ0v) is 12.8. The van der Waals surface area contributed by atoms with Crippen LogP contribution >= 0.6 is 34.5 Å². The zero-order valence-electron chi connectivity index (χ0n) is 10.4. The maximum atomic E-state index is 10.6. The molecule has 1 unspecified atom stereocenters. The number of thiophene rings is 1. The summed E-state index contributed by atoms with van der Waals surface area (Å²) in [5.74, 6) is 0.838. The van der Waals surface area contributed by atoms with Crippen molar-refractivity contribution in [3.8, 4) is 0 Å². The van der Waals surface area contributed by atoms with Crippen molar-refractivity contribution in [3.05, 3.63) is 55.7 Å². The van der Waals surface area contributed by atoms with Crippen LogP contribution in [-0.2, 0) is 0 Å². The number of halogens is 2. The van der Waals surface area contributed by atoms with Crippen molar-refractivity contribution in [2.24, 2.45) is 4.99 Å². The molecule has 3 rings (SSSR count). The summed E-state index contributed by atoms with van der Waals surface area (Å²) < 4.78 is 0. The van der Waals surface area contributed by atoms with Gasteiger partial charge < -0.3 is 10.4 Å². The molecule has 20 heavy (non-hydrogen) atoms. The fourth-order valence-corrected chi connectivity index (χ4v) is 3.58. The molecular formula is C14H12Cl2N2OS. The Bertz CT molecular complexity index is 669. The van der Waals surface area contributed by atoms with Crippen LogP contribution in [0.15, 0.2) is 34.6 Å². The molecule has 2 aromatic rings. The summed E-state index contributed by atoms with van der Waals surface area (Å²) in [6.07, 6.45) is -0.778. The molecule has 2 N–H and O–H groups in total. The van der Waals surface area contributed by atoms with E-state index in [0.29, 0.717) is 15.6 Å². The molecule has 0 fully saturated rings. The largest absolute Gasteiger partial charge is 0.383 e. The lowest BCUT2D eigenvalue weighted by Crippen LogP contribution is -2.20. The van der Waals surface area contributed by atoms with Crippen molar-refractivity contribution in [1.82, 2.24) is 5.32 Å². The lowest BCUT2D eigenvalue weighted by atomic mass is 10.0. The molecule has 3 nitrogen and oxygen atoms in total. The first kappa shape index (κ1) is 13.9. The number of hydrogen-bond donors (Lipinski definition) is 2. The van der Waals surface area contributed by atoms with Gasteiger partial charge in [0.05, 0.1) is 6.54 Å². The van der Waals surface area contributed by atoms with E-state index in [0.717, 1.165) is 29.4 Å². The molecule has 1 aromatic heterocycles. The average Bonchev–Trinajstić information content (AvgIpc) is 3.09. The maximum absolute atomic E-state index is 10.6. The highest BCUT2D eigenvalue weighted by molar-refractivity contribution is 7.10. The zero-order chi connectivity index (χ0) is 14.1. The van der Waals surface area contributed by atoms with Gasteiger partial charge >= 0.3 is 0 Å². The van der Waals surface area contributed by atoms with Gasteiger partial charge in [-0.3, -0.25) is 4.99 Å². The molecule has 6 heteroatoms. The fourth-order valence-electron chi connectivity index (χ4n) is 2.17. The smallest absolute Gasteiger partial charge is 0.129 e. The van der Waals surface area contributed by atoms with E-state index in [9.17, 15) is 5.11 Å².